The summed E-state index contributed by atoms with van der Waals surface area (Å²) in [5.41, 5.74) is 23.1. The van der Waals surface area contributed by atoms with Crippen LogP contribution in [0.4, 0.5) is 0 Å². The molecule has 2 unspecified atom stereocenters. The molecule has 4 nitrogen and oxygen atoms in total. The van der Waals surface area contributed by atoms with E-state index in [0.29, 0.717) is 5.92 Å². The van der Waals surface area contributed by atoms with Crippen LogP contribution in [0.1, 0.15) is 80.9 Å². The highest BCUT2D eigenvalue weighted by molar-refractivity contribution is 6.13. The Morgan fingerprint density at radius 1 is 0.473 bits per heavy atom. The van der Waals surface area contributed by atoms with E-state index in [1.54, 1.807) is 0 Å². The molecular weight excluding hydrogens is 897 g/mol. The fraction of sp³-hybridized carbons (Fsp3) is 0.114. The molecule has 1 aromatic heterocycles. The van der Waals surface area contributed by atoms with Crippen molar-refractivity contribution < 1.29 is 0 Å². The van der Waals surface area contributed by atoms with Crippen molar-refractivity contribution in [1.29, 1.82) is 0 Å². The predicted octanol–water partition coefficient (Wildman–Crippen LogP) is 16.8. The third-order valence-corrected chi connectivity index (χ3v) is 16.2. The minimum absolute atomic E-state index is 0.173. The van der Waals surface area contributed by atoms with Crippen molar-refractivity contribution in [3.8, 4) is 39.1 Å². The Labute approximate surface area is 433 Å². The zero-order chi connectivity index (χ0) is 49.1. The SMILES string of the molecule is CN1C(c2cccc(CCC3c4ccccc4-c4ccccc43)c2)=NC(c2ccccc2)=NC1c1cccc(C2CCc3c(ccc4c5ccccc5n(-c5ccc(-c6ccccc6)cc5)c34)-c3ccccc32)c1. The monoisotopic (exact) mass is 950 g/mol. The van der Waals surface area contributed by atoms with Crippen molar-refractivity contribution in [1.82, 2.24) is 9.47 Å². The van der Waals surface area contributed by atoms with E-state index in [-0.39, 0.29) is 12.1 Å². The molecule has 0 spiro atoms. The number of hydrogen-bond donors (Lipinski definition) is 0. The van der Waals surface area contributed by atoms with Crippen LogP contribution in [0, 0.1) is 0 Å². The van der Waals surface area contributed by atoms with Gasteiger partial charge in [-0.2, -0.15) is 0 Å². The number of para-hydroxylation sites is 1. The summed E-state index contributed by atoms with van der Waals surface area (Å²) in [6.45, 7) is 0. The van der Waals surface area contributed by atoms with Gasteiger partial charge in [-0.15, -0.1) is 0 Å². The van der Waals surface area contributed by atoms with Crippen LogP contribution in [0.25, 0.3) is 60.9 Å². The Balaban J connectivity index is 0.808. The molecule has 2 aliphatic carbocycles. The fourth-order valence-electron chi connectivity index (χ4n) is 12.7. The number of aromatic nitrogens is 1. The van der Waals surface area contributed by atoms with Crippen LogP contribution >= 0.6 is 0 Å². The fourth-order valence-corrected chi connectivity index (χ4v) is 12.7. The maximum Gasteiger partial charge on any atom is 0.159 e. The third kappa shape index (κ3) is 7.51. The van der Waals surface area contributed by atoms with Crippen LogP contribution in [-0.2, 0) is 12.8 Å². The van der Waals surface area contributed by atoms with E-state index in [0.717, 1.165) is 54.0 Å². The summed E-state index contributed by atoms with van der Waals surface area (Å²) >= 11 is 0. The molecule has 0 saturated carbocycles. The summed E-state index contributed by atoms with van der Waals surface area (Å²) in [6, 6.07) is 89.3. The van der Waals surface area contributed by atoms with E-state index in [1.807, 2.05) is 0 Å². The molecular formula is C70H54N4. The molecule has 0 radical (unpaired) electrons. The number of fused-ring (bicyclic) bond motifs is 10. The largest absolute Gasteiger partial charge is 0.333 e. The van der Waals surface area contributed by atoms with Gasteiger partial charge in [0.1, 0.15) is 12.0 Å². The molecule has 2 atom stereocenters. The van der Waals surface area contributed by atoms with Crippen molar-refractivity contribution in [3.05, 3.63) is 293 Å². The molecule has 3 aliphatic rings. The lowest BCUT2D eigenvalue weighted by Crippen LogP contribution is -2.35. The molecule has 2 heterocycles. The van der Waals surface area contributed by atoms with Gasteiger partial charge in [0.25, 0.3) is 0 Å². The molecule has 10 aromatic carbocycles. The quantitative estimate of drug-likeness (QED) is 0.142. The van der Waals surface area contributed by atoms with E-state index in [4.69, 9.17) is 9.98 Å². The number of nitrogens with zero attached hydrogens (tertiary/aromatic N) is 4. The summed E-state index contributed by atoms with van der Waals surface area (Å²) in [5, 5.41) is 2.58. The zero-order valence-electron chi connectivity index (χ0n) is 41.4. The van der Waals surface area contributed by atoms with Gasteiger partial charge in [-0.3, -0.25) is 0 Å². The molecule has 14 rings (SSSR count). The molecule has 4 heteroatoms. The number of amidine groups is 2. The van der Waals surface area contributed by atoms with Crippen molar-refractivity contribution in [3.63, 3.8) is 0 Å². The van der Waals surface area contributed by atoms with E-state index < -0.39 is 0 Å². The highest BCUT2D eigenvalue weighted by Crippen LogP contribution is 2.48. The lowest BCUT2D eigenvalue weighted by atomic mass is 9.85. The molecule has 354 valence electrons. The van der Waals surface area contributed by atoms with Gasteiger partial charge in [0.05, 0.1) is 11.0 Å². The molecule has 1 aliphatic heterocycles. The second kappa shape index (κ2) is 18.3. The highest BCUT2D eigenvalue weighted by atomic mass is 15.3. The van der Waals surface area contributed by atoms with Gasteiger partial charge in [-0.05, 0) is 122 Å². The normalized spacial score (nSPS) is 16.0. The van der Waals surface area contributed by atoms with Crippen molar-refractivity contribution >= 4 is 33.5 Å². The molecule has 0 N–H and O–H groups in total. The summed E-state index contributed by atoms with van der Waals surface area (Å²) in [5.74, 6) is 2.23. The van der Waals surface area contributed by atoms with Gasteiger partial charge >= 0.3 is 0 Å². The second-order valence-corrected chi connectivity index (χ2v) is 20.3. The van der Waals surface area contributed by atoms with E-state index >= 15 is 0 Å². The maximum atomic E-state index is 5.48. The Morgan fingerprint density at radius 3 is 1.84 bits per heavy atom. The number of benzene rings is 10. The second-order valence-electron chi connectivity index (χ2n) is 20.3. The molecule has 74 heavy (non-hydrogen) atoms. The Morgan fingerprint density at radius 2 is 1.08 bits per heavy atom. The average Bonchev–Trinajstić information content (AvgIpc) is 3.94. The minimum atomic E-state index is -0.283. The van der Waals surface area contributed by atoms with Gasteiger partial charge in [0, 0.05) is 46.5 Å². The highest BCUT2D eigenvalue weighted by Gasteiger charge is 2.32. The smallest absolute Gasteiger partial charge is 0.159 e. The predicted molar refractivity (Wildman–Crippen MR) is 307 cm³/mol. The standard InChI is InChI=1S/C70H54N4/c1-73-69(51-24-16-18-46(44-51)34-39-61-59-30-12-10-28-57(59)58-29-11-13-31-60(58)61)71-68(49-21-6-3-7-22-49)72-70(73)52-25-17-23-50(45-52)54-40-42-64-62(56-27-9-8-26-55(54)56)41-43-65-63-32-14-15-33-66(63)74(67(64)65)53-37-35-48(36-38-53)47-19-4-2-5-20-47/h2-33,35-38,41,43-45,54,61,70H,34,39-40,42H2,1H3. The third-order valence-electron chi connectivity index (χ3n) is 16.2. The number of aryl methyl sites for hydroxylation is 2. The van der Waals surface area contributed by atoms with Crippen molar-refractivity contribution in [2.24, 2.45) is 9.98 Å². The van der Waals surface area contributed by atoms with Crippen LogP contribution < -0.4 is 0 Å². The molecule has 0 bridgehead atoms. The Kier molecular flexibility index (Phi) is 10.9. The molecule has 0 amide bonds. The van der Waals surface area contributed by atoms with Gasteiger partial charge < -0.3 is 9.47 Å². The minimum Gasteiger partial charge on any atom is -0.333 e. The Hall–Kier alpha value is -8.86. The van der Waals surface area contributed by atoms with Crippen molar-refractivity contribution in [2.75, 3.05) is 7.05 Å². The van der Waals surface area contributed by atoms with Gasteiger partial charge in [0.2, 0.25) is 0 Å². The first kappa shape index (κ1) is 43.9. The van der Waals surface area contributed by atoms with Crippen LogP contribution in [0.15, 0.2) is 253 Å². The summed E-state index contributed by atoms with van der Waals surface area (Å²) in [6.07, 6.45) is 3.62. The van der Waals surface area contributed by atoms with Crippen LogP contribution in [-0.4, -0.2) is 28.2 Å². The first-order chi connectivity index (χ1) is 36.6. The topological polar surface area (TPSA) is 32.9 Å². The number of aliphatic imine (C=N–C) groups is 2. The molecule has 0 fully saturated rings. The molecule has 0 saturated heterocycles. The molecule has 11 aromatic rings. The van der Waals surface area contributed by atoms with Gasteiger partial charge in [0.15, 0.2) is 5.84 Å². The first-order valence-electron chi connectivity index (χ1n) is 26.3. The zero-order valence-corrected chi connectivity index (χ0v) is 41.4. The van der Waals surface area contributed by atoms with Crippen LogP contribution in [0.5, 0.6) is 0 Å². The summed E-state index contributed by atoms with van der Waals surface area (Å²) in [7, 11) is 2.16. The number of hydrogen-bond acceptors (Lipinski definition) is 3. The van der Waals surface area contributed by atoms with E-state index in [1.165, 1.54) is 94.3 Å². The summed E-state index contributed by atoms with van der Waals surface area (Å²) in [4.78, 5) is 13.1. The average molecular weight is 951 g/mol. The lowest BCUT2D eigenvalue weighted by molar-refractivity contribution is 0.382. The lowest BCUT2D eigenvalue weighted by Gasteiger charge is -2.33. The van der Waals surface area contributed by atoms with Crippen LogP contribution in [0.3, 0.4) is 0 Å². The number of rotatable bonds is 9. The van der Waals surface area contributed by atoms with Gasteiger partial charge in [-0.25, -0.2) is 9.98 Å². The summed E-state index contributed by atoms with van der Waals surface area (Å²) < 4.78 is 2.52. The first-order valence-corrected chi connectivity index (χ1v) is 26.3. The van der Waals surface area contributed by atoms with Crippen molar-refractivity contribution in [2.45, 2.75) is 43.7 Å². The Bertz CT molecular complexity index is 3950. The van der Waals surface area contributed by atoms with Crippen LogP contribution in [0.2, 0.25) is 0 Å². The van der Waals surface area contributed by atoms with E-state index in [2.05, 4.69) is 259 Å². The van der Waals surface area contributed by atoms with Gasteiger partial charge in [-0.1, -0.05) is 218 Å². The maximum absolute atomic E-state index is 5.48. The van der Waals surface area contributed by atoms with E-state index in [9.17, 15) is 0 Å².